The number of nitrogens with zero attached hydrogens (tertiary/aromatic N) is 1. The lowest BCUT2D eigenvalue weighted by atomic mass is 9.86. The lowest BCUT2D eigenvalue weighted by Crippen LogP contribution is -2.49. The molecule has 2 amide bonds. The Labute approximate surface area is 194 Å². The molecule has 2 rings (SSSR count). The molecule has 4 nitrogen and oxygen atoms in total. The fourth-order valence-electron chi connectivity index (χ4n) is 3.62. The number of nitrogens with one attached hydrogen (secondary N) is 1. The molecule has 0 saturated heterocycles. The maximum absolute atomic E-state index is 13.3. The summed E-state index contributed by atoms with van der Waals surface area (Å²) in [4.78, 5) is 27.8. The largest absolute Gasteiger partial charge is 0.352 e. The summed E-state index contributed by atoms with van der Waals surface area (Å²) >= 11 is 0. The molecule has 0 aromatic heterocycles. The minimum atomic E-state index is -0.528. The molecule has 0 aliphatic carbocycles. The van der Waals surface area contributed by atoms with Crippen LogP contribution < -0.4 is 5.32 Å². The topological polar surface area (TPSA) is 49.4 Å². The standard InChI is InChI=1S/C28H40N2O2/c1-8-21(3)29-27(32)22(4)30(19-24-11-9-10-20(2)18-24)26(31)17-14-23-12-15-25(16-13-23)28(5,6)7/h9-13,15-16,18,21-22H,8,14,17,19H2,1-7H3,(H,29,32)/t21-,22+/m0/s1. The average Bonchev–Trinajstić information content (AvgIpc) is 2.75. The number of benzene rings is 2. The summed E-state index contributed by atoms with van der Waals surface area (Å²) in [6, 6.07) is 16.2. The second-order valence-corrected chi connectivity index (χ2v) is 9.95. The molecule has 1 N–H and O–H groups in total. The van der Waals surface area contributed by atoms with Crippen LogP contribution in [0.25, 0.3) is 0 Å². The van der Waals surface area contributed by atoms with E-state index in [1.165, 1.54) is 5.56 Å². The molecule has 0 bridgehead atoms. The fourth-order valence-corrected chi connectivity index (χ4v) is 3.62. The third-order valence-electron chi connectivity index (χ3n) is 6.05. The van der Waals surface area contributed by atoms with Gasteiger partial charge in [0.25, 0.3) is 0 Å². The number of aryl methyl sites for hydroxylation is 2. The van der Waals surface area contributed by atoms with Gasteiger partial charge in [0.2, 0.25) is 11.8 Å². The van der Waals surface area contributed by atoms with Gasteiger partial charge in [0, 0.05) is 19.0 Å². The van der Waals surface area contributed by atoms with Gasteiger partial charge in [-0.15, -0.1) is 0 Å². The van der Waals surface area contributed by atoms with Crippen LogP contribution in [0.3, 0.4) is 0 Å². The van der Waals surface area contributed by atoms with Crippen molar-refractivity contribution in [3.63, 3.8) is 0 Å². The Bertz CT molecular complexity index is 896. The van der Waals surface area contributed by atoms with Gasteiger partial charge in [-0.2, -0.15) is 0 Å². The summed E-state index contributed by atoms with van der Waals surface area (Å²) in [5.74, 6) is -0.104. The van der Waals surface area contributed by atoms with Crippen LogP contribution in [0.4, 0.5) is 0 Å². The Balaban J connectivity index is 2.14. The van der Waals surface area contributed by atoms with Crippen LogP contribution >= 0.6 is 0 Å². The fraction of sp³-hybridized carbons (Fsp3) is 0.500. The Morgan fingerprint density at radius 2 is 1.66 bits per heavy atom. The Morgan fingerprint density at radius 3 is 2.22 bits per heavy atom. The number of carbonyl (C=O) groups excluding carboxylic acids is 2. The van der Waals surface area contributed by atoms with Crippen molar-refractivity contribution in [2.24, 2.45) is 0 Å². The number of hydrogen-bond donors (Lipinski definition) is 1. The predicted molar refractivity (Wildman–Crippen MR) is 133 cm³/mol. The molecule has 0 aliphatic rings. The van der Waals surface area contributed by atoms with Crippen molar-refractivity contribution in [3.05, 3.63) is 70.8 Å². The van der Waals surface area contributed by atoms with E-state index in [4.69, 9.17) is 0 Å². The lowest BCUT2D eigenvalue weighted by Gasteiger charge is -2.30. The molecule has 0 radical (unpaired) electrons. The number of carbonyl (C=O) groups is 2. The van der Waals surface area contributed by atoms with Gasteiger partial charge in [-0.3, -0.25) is 9.59 Å². The van der Waals surface area contributed by atoms with E-state index in [0.717, 1.165) is 23.1 Å². The van der Waals surface area contributed by atoms with E-state index in [2.05, 4.69) is 56.4 Å². The Kier molecular flexibility index (Phi) is 9.06. The first kappa shape index (κ1) is 25.6. The summed E-state index contributed by atoms with van der Waals surface area (Å²) in [5, 5.41) is 3.02. The molecule has 2 aromatic carbocycles. The van der Waals surface area contributed by atoms with Crippen molar-refractivity contribution in [2.45, 2.75) is 91.8 Å². The summed E-state index contributed by atoms with van der Waals surface area (Å²) < 4.78 is 0. The zero-order valence-corrected chi connectivity index (χ0v) is 20.9. The monoisotopic (exact) mass is 436 g/mol. The summed E-state index contributed by atoms with van der Waals surface area (Å²) in [5.41, 5.74) is 4.71. The Hall–Kier alpha value is -2.62. The van der Waals surface area contributed by atoms with Crippen LogP contribution in [0.5, 0.6) is 0 Å². The van der Waals surface area contributed by atoms with Crippen LogP contribution in [0, 0.1) is 6.92 Å². The SMILES string of the molecule is CC[C@H](C)NC(=O)[C@@H](C)N(Cc1cccc(C)c1)C(=O)CCc1ccc(C(C)(C)C)cc1. The van der Waals surface area contributed by atoms with E-state index < -0.39 is 6.04 Å². The molecule has 0 aliphatic heterocycles. The molecule has 0 unspecified atom stereocenters. The second-order valence-electron chi connectivity index (χ2n) is 9.95. The molecule has 32 heavy (non-hydrogen) atoms. The minimum Gasteiger partial charge on any atom is -0.352 e. The molecule has 174 valence electrons. The maximum Gasteiger partial charge on any atom is 0.242 e. The highest BCUT2D eigenvalue weighted by atomic mass is 16.2. The Morgan fingerprint density at radius 1 is 1.00 bits per heavy atom. The zero-order valence-electron chi connectivity index (χ0n) is 20.9. The number of amides is 2. The van der Waals surface area contributed by atoms with E-state index in [9.17, 15) is 9.59 Å². The first-order valence-electron chi connectivity index (χ1n) is 11.8. The molecule has 2 atom stereocenters. The van der Waals surface area contributed by atoms with Gasteiger partial charge < -0.3 is 10.2 Å². The number of hydrogen-bond acceptors (Lipinski definition) is 2. The van der Waals surface area contributed by atoms with E-state index in [-0.39, 0.29) is 23.3 Å². The van der Waals surface area contributed by atoms with Gasteiger partial charge in [0.15, 0.2) is 0 Å². The van der Waals surface area contributed by atoms with Crippen molar-refractivity contribution in [1.82, 2.24) is 10.2 Å². The highest BCUT2D eigenvalue weighted by Crippen LogP contribution is 2.23. The average molecular weight is 437 g/mol. The highest BCUT2D eigenvalue weighted by molar-refractivity contribution is 5.87. The van der Waals surface area contributed by atoms with Crippen molar-refractivity contribution < 1.29 is 9.59 Å². The van der Waals surface area contributed by atoms with E-state index in [1.807, 2.05) is 45.9 Å². The first-order valence-corrected chi connectivity index (χ1v) is 11.8. The van der Waals surface area contributed by atoms with E-state index >= 15 is 0 Å². The number of rotatable bonds is 9. The molecule has 4 heteroatoms. The summed E-state index contributed by atoms with van der Waals surface area (Å²) in [7, 11) is 0. The van der Waals surface area contributed by atoms with Gasteiger partial charge in [-0.25, -0.2) is 0 Å². The van der Waals surface area contributed by atoms with Crippen LogP contribution in [0.15, 0.2) is 48.5 Å². The van der Waals surface area contributed by atoms with Gasteiger partial charge in [0.05, 0.1) is 0 Å². The minimum absolute atomic E-state index is 0.00166. The van der Waals surface area contributed by atoms with Gasteiger partial charge >= 0.3 is 0 Å². The molecule has 0 spiro atoms. The van der Waals surface area contributed by atoms with Crippen molar-refractivity contribution >= 4 is 11.8 Å². The molecular formula is C28H40N2O2. The molecular weight excluding hydrogens is 396 g/mol. The van der Waals surface area contributed by atoms with Gasteiger partial charge in [-0.1, -0.05) is 81.8 Å². The maximum atomic E-state index is 13.3. The molecule has 0 saturated carbocycles. The zero-order chi connectivity index (χ0) is 23.9. The normalized spacial score (nSPS) is 13.3. The van der Waals surface area contributed by atoms with Crippen LogP contribution in [-0.4, -0.2) is 28.8 Å². The van der Waals surface area contributed by atoms with Gasteiger partial charge in [-0.05, 0) is 55.7 Å². The lowest BCUT2D eigenvalue weighted by molar-refractivity contribution is -0.140. The van der Waals surface area contributed by atoms with E-state index in [1.54, 1.807) is 4.90 Å². The molecule has 2 aromatic rings. The first-order chi connectivity index (χ1) is 15.0. The second kappa shape index (κ2) is 11.3. The predicted octanol–water partition coefficient (Wildman–Crippen LogP) is 5.56. The van der Waals surface area contributed by atoms with Crippen molar-refractivity contribution in [3.8, 4) is 0 Å². The van der Waals surface area contributed by atoms with Gasteiger partial charge in [0.1, 0.15) is 6.04 Å². The summed E-state index contributed by atoms with van der Waals surface area (Å²) in [6.07, 6.45) is 1.89. The smallest absolute Gasteiger partial charge is 0.242 e. The van der Waals surface area contributed by atoms with Crippen LogP contribution in [-0.2, 0) is 28.0 Å². The summed E-state index contributed by atoms with van der Waals surface area (Å²) in [6.45, 7) is 14.9. The van der Waals surface area contributed by atoms with E-state index in [0.29, 0.717) is 19.4 Å². The quantitative estimate of drug-likeness (QED) is 0.560. The van der Waals surface area contributed by atoms with Crippen LogP contribution in [0.2, 0.25) is 0 Å². The van der Waals surface area contributed by atoms with Crippen LogP contribution in [0.1, 0.15) is 76.6 Å². The third-order valence-corrected chi connectivity index (χ3v) is 6.05. The molecule has 0 heterocycles. The van der Waals surface area contributed by atoms with Crippen molar-refractivity contribution in [2.75, 3.05) is 0 Å². The van der Waals surface area contributed by atoms with Crippen molar-refractivity contribution in [1.29, 1.82) is 0 Å². The third kappa shape index (κ3) is 7.51. The highest BCUT2D eigenvalue weighted by Gasteiger charge is 2.26. The molecule has 0 fully saturated rings.